The van der Waals surface area contributed by atoms with E-state index in [0.29, 0.717) is 5.89 Å². The van der Waals surface area contributed by atoms with Crippen LogP contribution in [0.15, 0.2) is 4.42 Å². The third kappa shape index (κ3) is 1.37. The van der Waals surface area contributed by atoms with Gasteiger partial charge in [0.15, 0.2) is 13.6 Å². The molecule has 0 saturated carbocycles. The number of nitrogens with zero attached hydrogens (tertiary/aromatic N) is 2. The Bertz CT molecular complexity index is 226. The first kappa shape index (κ1) is 7.31. The highest BCUT2D eigenvalue weighted by Gasteiger charge is 2.19. The van der Waals surface area contributed by atoms with Gasteiger partial charge in [-0.2, -0.15) is 0 Å². The standard InChI is InChI=1S/C6H9BN2O/c1-6(2,3)4-8-9-5(7)10-4/h1-3H3. The largest absolute Gasteiger partial charge is 0.436 e. The minimum absolute atomic E-state index is 0.107. The molecule has 0 aliphatic carbocycles. The van der Waals surface area contributed by atoms with Crippen LogP contribution >= 0.6 is 0 Å². The lowest BCUT2D eigenvalue weighted by atomic mass is 9.97. The fourth-order valence-electron chi connectivity index (χ4n) is 0.538. The molecule has 0 spiro atoms. The van der Waals surface area contributed by atoms with Gasteiger partial charge in [0.2, 0.25) is 5.89 Å². The predicted octanol–water partition coefficient (Wildman–Crippen LogP) is 0.161. The maximum absolute atomic E-state index is 5.24. The van der Waals surface area contributed by atoms with E-state index in [1.54, 1.807) is 0 Å². The molecule has 0 aromatic carbocycles. The first-order valence-corrected chi connectivity index (χ1v) is 3.09. The molecule has 0 bridgehead atoms. The Labute approximate surface area is 61.2 Å². The Morgan fingerprint density at radius 1 is 1.30 bits per heavy atom. The molecule has 0 amide bonds. The van der Waals surface area contributed by atoms with E-state index >= 15 is 0 Å². The lowest BCUT2D eigenvalue weighted by Gasteiger charge is -2.10. The van der Waals surface area contributed by atoms with E-state index in [1.165, 1.54) is 0 Å². The van der Waals surface area contributed by atoms with Crippen molar-refractivity contribution in [3.63, 3.8) is 0 Å². The van der Waals surface area contributed by atoms with Gasteiger partial charge < -0.3 is 4.42 Å². The van der Waals surface area contributed by atoms with Crippen molar-refractivity contribution in [3.05, 3.63) is 5.89 Å². The van der Waals surface area contributed by atoms with Crippen LogP contribution in [0.25, 0.3) is 0 Å². The van der Waals surface area contributed by atoms with Gasteiger partial charge in [-0.05, 0) is 0 Å². The second kappa shape index (κ2) is 2.11. The minimum atomic E-state index is -0.107. The average molecular weight is 136 g/mol. The van der Waals surface area contributed by atoms with Crippen LogP contribution < -0.4 is 5.79 Å². The Morgan fingerprint density at radius 2 is 1.90 bits per heavy atom. The van der Waals surface area contributed by atoms with Crippen LogP contribution in [-0.2, 0) is 5.41 Å². The number of aromatic nitrogens is 2. The topological polar surface area (TPSA) is 38.9 Å². The number of rotatable bonds is 0. The quantitative estimate of drug-likeness (QED) is 0.477. The molecule has 0 unspecified atom stereocenters. The molecule has 10 heavy (non-hydrogen) atoms. The van der Waals surface area contributed by atoms with Crippen LogP contribution in [0.2, 0.25) is 0 Å². The van der Waals surface area contributed by atoms with Crippen LogP contribution in [0.4, 0.5) is 0 Å². The van der Waals surface area contributed by atoms with Crippen molar-refractivity contribution in [2.24, 2.45) is 0 Å². The summed E-state index contributed by atoms with van der Waals surface area (Å²) in [5, 5.41) is 7.29. The first-order chi connectivity index (χ1) is 4.50. The third-order valence-corrected chi connectivity index (χ3v) is 1.08. The molecule has 0 aliphatic heterocycles. The average Bonchev–Trinajstić information content (AvgIpc) is 2.11. The van der Waals surface area contributed by atoms with Crippen molar-refractivity contribution in [2.45, 2.75) is 26.2 Å². The van der Waals surface area contributed by atoms with Crippen molar-refractivity contribution in [2.75, 3.05) is 0 Å². The Morgan fingerprint density at radius 3 is 2.10 bits per heavy atom. The second-order valence-electron chi connectivity index (χ2n) is 3.20. The zero-order valence-electron chi connectivity index (χ0n) is 6.38. The lowest BCUT2D eigenvalue weighted by Crippen LogP contribution is -2.11. The smallest absolute Gasteiger partial charge is 0.220 e. The van der Waals surface area contributed by atoms with Gasteiger partial charge in [-0.25, -0.2) is 0 Å². The fraction of sp³-hybridized carbons (Fsp3) is 0.667. The molecule has 0 aliphatic rings. The first-order valence-electron chi connectivity index (χ1n) is 3.09. The maximum Gasteiger partial charge on any atom is 0.220 e. The van der Waals surface area contributed by atoms with E-state index < -0.39 is 0 Å². The zero-order valence-corrected chi connectivity index (χ0v) is 6.38. The molecule has 0 atom stereocenters. The highest BCUT2D eigenvalue weighted by atomic mass is 16.4. The van der Waals surface area contributed by atoms with Gasteiger partial charge in [-0.3, -0.25) is 0 Å². The van der Waals surface area contributed by atoms with Crippen LogP contribution in [0.3, 0.4) is 0 Å². The summed E-state index contributed by atoms with van der Waals surface area (Å²) in [6.45, 7) is 5.96. The molecule has 0 fully saturated rings. The number of hydrogen-bond donors (Lipinski definition) is 0. The molecule has 0 saturated heterocycles. The molecule has 1 rings (SSSR count). The van der Waals surface area contributed by atoms with Gasteiger partial charge in [0.1, 0.15) is 0 Å². The SMILES string of the molecule is [B]c1nnc(C(C)(C)C)o1. The summed E-state index contributed by atoms with van der Waals surface area (Å²) in [6.07, 6.45) is 0. The monoisotopic (exact) mass is 136 g/mol. The summed E-state index contributed by atoms with van der Waals surface area (Å²) >= 11 is 0. The van der Waals surface area contributed by atoms with Crippen LogP contribution in [0.5, 0.6) is 0 Å². The second-order valence-corrected chi connectivity index (χ2v) is 3.20. The Hall–Kier alpha value is -0.795. The molecule has 4 heteroatoms. The molecule has 52 valence electrons. The summed E-state index contributed by atoms with van der Waals surface area (Å²) in [7, 11) is 5.24. The van der Waals surface area contributed by atoms with E-state index in [4.69, 9.17) is 12.3 Å². The highest BCUT2D eigenvalue weighted by Crippen LogP contribution is 2.17. The molecule has 2 radical (unpaired) electrons. The normalized spacial score (nSPS) is 11.9. The van der Waals surface area contributed by atoms with Crippen molar-refractivity contribution in [1.29, 1.82) is 0 Å². The van der Waals surface area contributed by atoms with E-state index in [2.05, 4.69) is 10.2 Å². The van der Waals surface area contributed by atoms with Gasteiger partial charge in [0.05, 0.1) is 0 Å². The third-order valence-electron chi connectivity index (χ3n) is 1.08. The molecular formula is C6H9BN2O. The molecule has 0 N–H and O–H groups in total. The van der Waals surface area contributed by atoms with Gasteiger partial charge in [-0.15, -0.1) is 10.2 Å². The summed E-state index contributed by atoms with van der Waals surface area (Å²) in [5.41, 5.74) is -0.107. The van der Waals surface area contributed by atoms with Gasteiger partial charge >= 0.3 is 0 Å². The van der Waals surface area contributed by atoms with Crippen LogP contribution in [-0.4, -0.2) is 18.0 Å². The number of hydrogen-bond acceptors (Lipinski definition) is 3. The fourth-order valence-corrected chi connectivity index (χ4v) is 0.538. The van der Waals surface area contributed by atoms with Crippen molar-refractivity contribution < 1.29 is 4.42 Å². The van der Waals surface area contributed by atoms with E-state index in [0.717, 1.165) is 0 Å². The Balaban J connectivity index is 2.96. The molecule has 1 aromatic rings. The maximum atomic E-state index is 5.24. The molecule has 1 heterocycles. The summed E-state index contributed by atoms with van der Waals surface area (Å²) in [5.74, 6) is 0.704. The van der Waals surface area contributed by atoms with Crippen molar-refractivity contribution in [1.82, 2.24) is 10.2 Å². The summed E-state index contributed by atoms with van der Waals surface area (Å²) in [4.78, 5) is 0. The van der Waals surface area contributed by atoms with Crippen molar-refractivity contribution in [3.8, 4) is 0 Å². The Kier molecular flexibility index (Phi) is 1.54. The zero-order chi connectivity index (χ0) is 7.78. The molecular weight excluding hydrogens is 127 g/mol. The molecule has 1 aromatic heterocycles. The predicted molar refractivity (Wildman–Crippen MR) is 38.4 cm³/mol. The summed E-state index contributed by atoms with van der Waals surface area (Å²) in [6, 6.07) is 0. The van der Waals surface area contributed by atoms with Crippen LogP contribution in [0, 0.1) is 0 Å². The van der Waals surface area contributed by atoms with E-state index in [1.807, 2.05) is 20.8 Å². The highest BCUT2D eigenvalue weighted by molar-refractivity contribution is 6.27. The van der Waals surface area contributed by atoms with Crippen molar-refractivity contribution >= 4 is 13.6 Å². The lowest BCUT2D eigenvalue weighted by molar-refractivity contribution is 0.406. The van der Waals surface area contributed by atoms with Gasteiger partial charge in [0.25, 0.3) is 0 Å². The van der Waals surface area contributed by atoms with E-state index in [-0.39, 0.29) is 11.2 Å². The minimum Gasteiger partial charge on any atom is -0.436 e. The van der Waals surface area contributed by atoms with Gasteiger partial charge in [0, 0.05) is 5.41 Å². The van der Waals surface area contributed by atoms with Crippen LogP contribution in [0.1, 0.15) is 26.7 Å². The molecule has 3 nitrogen and oxygen atoms in total. The summed E-state index contributed by atoms with van der Waals surface area (Å²) < 4.78 is 5.00. The van der Waals surface area contributed by atoms with E-state index in [9.17, 15) is 0 Å². The van der Waals surface area contributed by atoms with Gasteiger partial charge in [-0.1, -0.05) is 20.8 Å².